The van der Waals surface area contributed by atoms with Crippen molar-refractivity contribution < 1.29 is 9.53 Å². The summed E-state index contributed by atoms with van der Waals surface area (Å²) < 4.78 is 7.02. The lowest BCUT2D eigenvalue weighted by Crippen LogP contribution is -2.17. The Morgan fingerprint density at radius 3 is 2.81 bits per heavy atom. The minimum Gasteiger partial charge on any atom is -0.496 e. The maximum absolute atomic E-state index is 11.9. The molecule has 0 atom stereocenters. The number of benzene rings is 2. The molecule has 0 aliphatic carbocycles. The maximum Gasteiger partial charge on any atom is 0.271 e. The molecule has 2 aromatic rings. The molecule has 0 unspecified atom stereocenters. The molecule has 0 fully saturated rings. The van der Waals surface area contributed by atoms with Crippen molar-refractivity contribution in [2.75, 3.05) is 7.11 Å². The molecule has 0 saturated heterocycles. The summed E-state index contributed by atoms with van der Waals surface area (Å²) >= 11 is 5.51. The van der Waals surface area contributed by atoms with Crippen molar-refractivity contribution in [1.29, 1.82) is 0 Å². The van der Waals surface area contributed by atoms with Gasteiger partial charge in [0, 0.05) is 10.0 Å². The monoisotopic (exact) mass is 458 g/mol. The van der Waals surface area contributed by atoms with E-state index in [0.717, 1.165) is 19.4 Å². The van der Waals surface area contributed by atoms with Gasteiger partial charge in [-0.25, -0.2) is 5.43 Å². The molecule has 0 bridgehead atoms. The van der Waals surface area contributed by atoms with Crippen LogP contribution >= 0.6 is 38.5 Å². The Kier molecular flexibility index (Phi) is 5.75. The van der Waals surface area contributed by atoms with Crippen LogP contribution in [0.15, 0.2) is 52.0 Å². The molecule has 0 radical (unpaired) electrons. The molecule has 1 amide bonds. The number of hydrogen-bond donors (Lipinski definition) is 1. The Morgan fingerprint density at radius 2 is 2.14 bits per heavy atom. The third-order valence-corrected chi connectivity index (χ3v) is 3.98. The fraction of sp³-hybridized carbons (Fsp3) is 0.0667. The van der Waals surface area contributed by atoms with Gasteiger partial charge in [0.1, 0.15) is 5.75 Å². The SMILES string of the molecule is COc1ccc(/C=N/NC(=O)c2cccc(Br)c2)cc1I. The first kappa shape index (κ1) is 16.0. The fourth-order valence-corrected chi connectivity index (χ4v) is 2.78. The molecule has 0 saturated carbocycles. The first-order chi connectivity index (χ1) is 10.1. The lowest BCUT2D eigenvalue weighted by Gasteiger charge is -2.03. The number of amides is 1. The molecule has 2 aromatic carbocycles. The van der Waals surface area contributed by atoms with Crippen LogP contribution in [0.5, 0.6) is 5.75 Å². The lowest BCUT2D eigenvalue weighted by atomic mass is 10.2. The smallest absolute Gasteiger partial charge is 0.271 e. The summed E-state index contributed by atoms with van der Waals surface area (Å²) in [5.41, 5.74) is 3.93. The number of hydrogen-bond acceptors (Lipinski definition) is 3. The third-order valence-electron chi connectivity index (χ3n) is 2.64. The predicted molar refractivity (Wildman–Crippen MR) is 94.9 cm³/mol. The number of ether oxygens (including phenoxy) is 1. The highest BCUT2D eigenvalue weighted by molar-refractivity contribution is 14.1. The van der Waals surface area contributed by atoms with Gasteiger partial charge in [0.2, 0.25) is 0 Å². The van der Waals surface area contributed by atoms with E-state index in [9.17, 15) is 4.79 Å². The van der Waals surface area contributed by atoms with Gasteiger partial charge in [-0.3, -0.25) is 4.79 Å². The van der Waals surface area contributed by atoms with E-state index in [1.807, 2.05) is 24.3 Å². The van der Waals surface area contributed by atoms with Crippen molar-refractivity contribution in [1.82, 2.24) is 5.43 Å². The molecule has 21 heavy (non-hydrogen) atoms. The van der Waals surface area contributed by atoms with E-state index >= 15 is 0 Å². The van der Waals surface area contributed by atoms with Crippen molar-refractivity contribution in [2.45, 2.75) is 0 Å². The Morgan fingerprint density at radius 1 is 1.33 bits per heavy atom. The number of nitrogens with zero attached hydrogens (tertiary/aromatic N) is 1. The molecule has 0 aliphatic heterocycles. The van der Waals surface area contributed by atoms with Crippen LogP contribution in [-0.4, -0.2) is 19.2 Å². The zero-order valence-electron chi connectivity index (χ0n) is 11.1. The zero-order chi connectivity index (χ0) is 15.2. The van der Waals surface area contributed by atoms with Gasteiger partial charge in [-0.2, -0.15) is 5.10 Å². The highest BCUT2D eigenvalue weighted by Gasteiger charge is 2.04. The number of carbonyl (C=O) groups is 1. The van der Waals surface area contributed by atoms with Crippen LogP contribution in [0.1, 0.15) is 15.9 Å². The molecular formula is C15H12BrIN2O2. The standard InChI is InChI=1S/C15H12BrIN2O2/c1-21-14-6-5-10(7-13(14)17)9-18-19-15(20)11-3-2-4-12(16)8-11/h2-9H,1H3,(H,19,20)/b18-9+. The number of hydrazone groups is 1. The second-order valence-electron chi connectivity index (χ2n) is 4.10. The van der Waals surface area contributed by atoms with Crippen LogP contribution < -0.4 is 10.2 Å². The van der Waals surface area contributed by atoms with E-state index < -0.39 is 0 Å². The van der Waals surface area contributed by atoms with E-state index in [0.29, 0.717) is 5.56 Å². The number of rotatable bonds is 4. The summed E-state index contributed by atoms with van der Waals surface area (Å²) in [4.78, 5) is 11.9. The van der Waals surface area contributed by atoms with E-state index in [2.05, 4.69) is 49.0 Å². The first-order valence-corrected chi connectivity index (χ1v) is 7.90. The summed E-state index contributed by atoms with van der Waals surface area (Å²) in [5, 5.41) is 3.96. The summed E-state index contributed by atoms with van der Waals surface area (Å²) in [6, 6.07) is 12.8. The Hall–Kier alpha value is -1.41. The van der Waals surface area contributed by atoms with Gasteiger partial charge in [-0.05, 0) is 64.6 Å². The van der Waals surface area contributed by atoms with Gasteiger partial charge in [0.05, 0.1) is 16.9 Å². The molecule has 108 valence electrons. The van der Waals surface area contributed by atoms with Crippen LogP contribution in [0.4, 0.5) is 0 Å². The van der Waals surface area contributed by atoms with Crippen LogP contribution in [0.3, 0.4) is 0 Å². The van der Waals surface area contributed by atoms with Gasteiger partial charge in [-0.15, -0.1) is 0 Å². The molecule has 0 aliphatic rings. The summed E-state index contributed by atoms with van der Waals surface area (Å²) in [7, 11) is 1.63. The number of methoxy groups -OCH3 is 1. The first-order valence-electron chi connectivity index (χ1n) is 6.02. The minimum atomic E-state index is -0.254. The molecular weight excluding hydrogens is 447 g/mol. The number of nitrogens with one attached hydrogen (secondary N) is 1. The number of halogens is 2. The topological polar surface area (TPSA) is 50.7 Å². The van der Waals surface area contributed by atoms with Gasteiger partial charge < -0.3 is 4.74 Å². The normalized spacial score (nSPS) is 10.6. The summed E-state index contributed by atoms with van der Waals surface area (Å²) in [6.45, 7) is 0. The van der Waals surface area contributed by atoms with Crippen LogP contribution in [0.2, 0.25) is 0 Å². The van der Waals surface area contributed by atoms with Gasteiger partial charge >= 0.3 is 0 Å². The average Bonchev–Trinajstić information content (AvgIpc) is 2.47. The van der Waals surface area contributed by atoms with Crippen molar-refractivity contribution in [2.24, 2.45) is 5.10 Å². The fourth-order valence-electron chi connectivity index (χ4n) is 1.62. The average molecular weight is 459 g/mol. The highest BCUT2D eigenvalue weighted by atomic mass is 127. The van der Waals surface area contributed by atoms with Crippen LogP contribution in [0, 0.1) is 3.57 Å². The second-order valence-corrected chi connectivity index (χ2v) is 6.18. The largest absolute Gasteiger partial charge is 0.496 e. The lowest BCUT2D eigenvalue weighted by molar-refractivity contribution is 0.0955. The Labute approximate surface area is 144 Å². The molecule has 6 heteroatoms. The summed E-state index contributed by atoms with van der Waals surface area (Å²) in [5.74, 6) is 0.557. The quantitative estimate of drug-likeness (QED) is 0.430. The van der Waals surface area contributed by atoms with E-state index in [-0.39, 0.29) is 5.91 Å². The van der Waals surface area contributed by atoms with Gasteiger partial charge in [0.15, 0.2) is 0 Å². The molecule has 0 spiro atoms. The van der Waals surface area contributed by atoms with Crippen molar-refractivity contribution in [3.8, 4) is 5.75 Å². The molecule has 1 N–H and O–H groups in total. The van der Waals surface area contributed by atoms with E-state index in [1.165, 1.54) is 0 Å². The van der Waals surface area contributed by atoms with Crippen molar-refractivity contribution >= 4 is 50.6 Å². The highest BCUT2D eigenvalue weighted by Crippen LogP contribution is 2.20. The second kappa shape index (κ2) is 7.56. The van der Waals surface area contributed by atoms with Gasteiger partial charge in [0.25, 0.3) is 5.91 Å². The van der Waals surface area contributed by atoms with E-state index in [1.54, 1.807) is 31.5 Å². The van der Waals surface area contributed by atoms with Crippen molar-refractivity contribution in [3.05, 3.63) is 61.6 Å². The molecule has 2 rings (SSSR count). The molecule has 0 heterocycles. The van der Waals surface area contributed by atoms with E-state index in [4.69, 9.17) is 4.74 Å². The molecule has 0 aromatic heterocycles. The zero-order valence-corrected chi connectivity index (χ0v) is 14.9. The van der Waals surface area contributed by atoms with Crippen LogP contribution in [0.25, 0.3) is 0 Å². The minimum absolute atomic E-state index is 0.254. The van der Waals surface area contributed by atoms with Gasteiger partial charge in [-0.1, -0.05) is 22.0 Å². The predicted octanol–water partition coefficient (Wildman–Crippen LogP) is 3.83. The maximum atomic E-state index is 11.9. The van der Waals surface area contributed by atoms with Crippen molar-refractivity contribution in [3.63, 3.8) is 0 Å². The Bertz CT molecular complexity index is 689. The summed E-state index contributed by atoms with van der Waals surface area (Å²) in [6.07, 6.45) is 1.59. The number of carbonyl (C=O) groups excluding carboxylic acids is 1. The third kappa shape index (κ3) is 4.53. The Balaban J connectivity index is 2.02. The van der Waals surface area contributed by atoms with Crippen LogP contribution in [-0.2, 0) is 0 Å². The molecule has 4 nitrogen and oxygen atoms in total.